The van der Waals surface area contributed by atoms with E-state index >= 15 is 0 Å². The standard InChI is InChI=1S/C18H16Cl2N4/c1-12-11-16(24(2)13-7-4-3-5-8-13)23-18(21-12)22-15-10-6-9-14(19)17(15)20/h3-11H,1-2H3,(H,21,22,23). The van der Waals surface area contributed by atoms with Gasteiger partial charge in [-0.1, -0.05) is 47.5 Å². The number of hydrogen-bond acceptors (Lipinski definition) is 4. The Hall–Kier alpha value is -2.30. The molecule has 1 heterocycles. The summed E-state index contributed by atoms with van der Waals surface area (Å²) in [6.07, 6.45) is 0. The van der Waals surface area contributed by atoms with Gasteiger partial charge in [-0.3, -0.25) is 0 Å². The molecule has 0 radical (unpaired) electrons. The minimum atomic E-state index is 0.447. The molecule has 0 amide bonds. The fourth-order valence-corrected chi connectivity index (χ4v) is 2.63. The Morgan fingerprint density at radius 1 is 0.958 bits per heavy atom. The molecule has 0 saturated heterocycles. The van der Waals surface area contributed by atoms with Crippen LogP contribution in [-0.2, 0) is 0 Å². The van der Waals surface area contributed by atoms with Crippen molar-refractivity contribution in [2.24, 2.45) is 0 Å². The molecule has 6 heteroatoms. The molecule has 0 bridgehead atoms. The highest BCUT2D eigenvalue weighted by atomic mass is 35.5. The van der Waals surface area contributed by atoms with Crippen LogP contribution in [0.15, 0.2) is 54.6 Å². The van der Waals surface area contributed by atoms with Gasteiger partial charge >= 0.3 is 0 Å². The molecule has 1 N–H and O–H groups in total. The molecule has 0 atom stereocenters. The number of para-hydroxylation sites is 1. The first-order valence-electron chi connectivity index (χ1n) is 7.40. The Morgan fingerprint density at radius 2 is 1.71 bits per heavy atom. The lowest BCUT2D eigenvalue weighted by Crippen LogP contribution is -2.13. The van der Waals surface area contributed by atoms with E-state index in [4.69, 9.17) is 23.2 Å². The zero-order chi connectivity index (χ0) is 17.1. The van der Waals surface area contributed by atoms with Crippen molar-refractivity contribution in [2.75, 3.05) is 17.3 Å². The monoisotopic (exact) mass is 358 g/mol. The van der Waals surface area contributed by atoms with E-state index in [1.54, 1.807) is 6.07 Å². The molecule has 0 fully saturated rings. The highest BCUT2D eigenvalue weighted by Gasteiger charge is 2.11. The van der Waals surface area contributed by atoms with Crippen molar-refractivity contribution in [3.63, 3.8) is 0 Å². The van der Waals surface area contributed by atoms with Crippen LogP contribution in [-0.4, -0.2) is 17.0 Å². The molecule has 0 saturated carbocycles. The molecule has 2 aromatic carbocycles. The minimum absolute atomic E-state index is 0.447. The Kier molecular flexibility index (Phi) is 4.88. The van der Waals surface area contributed by atoms with Gasteiger partial charge in [0, 0.05) is 24.5 Å². The van der Waals surface area contributed by atoms with Crippen LogP contribution in [0, 0.1) is 6.92 Å². The lowest BCUT2D eigenvalue weighted by molar-refractivity contribution is 1.05. The lowest BCUT2D eigenvalue weighted by atomic mass is 10.3. The molecule has 122 valence electrons. The van der Waals surface area contributed by atoms with Crippen LogP contribution >= 0.6 is 23.2 Å². The van der Waals surface area contributed by atoms with E-state index in [1.165, 1.54) is 0 Å². The van der Waals surface area contributed by atoms with Gasteiger partial charge in [0.25, 0.3) is 0 Å². The molecule has 3 aromatic rings. The van der Waals surface area contributed by atoms with Crippen LogP contribution in [0.2, 0.25) is 10.0 Å². The molecule has 0 unspecified atom stereocenters. The largest absolute Gasteiger partial charge is 0.329 e. The quantitative estimate of drug-likeness (QED) is 0.658. The van der Waals surface area contributed by atoms with E-state index in [-0.39, 0.29) is 0 Å². The summed E-state index contributed by atoms with van der Waals surface area (Å²) in [5.41, 5.74) is 2.56. The van der Waals surface area contributed by atoms with Crippen molar-refractivity contribution >= 4 is 46.3 Å². The van der Waals surface area contributed by atoms with Crippen molar-refractivity contribution in [1.82, 2.24) is 9.97 Å². The first-order valence-corrected chi connectivity index (χ1v) is 8.15. The van der Waals surface area contributed by atoms with E-state index in [1.807, 2.05) is 67.4 Å². The second-order valence-corrected chi connectivity index (χ2v) is 6.10. The molecule has 0 aliphatic heterocycles. The number of hydrogen-bond donors (Lipinski definition) is 1. The zero-order valence-electron chi connectivity index (χ0n) is 13.3. The third-order valence-electron chi connectivity index (χ3n) is 3.53. The van der Waals surface area contributed by atoms with Crippen LogP contribution in [0.1, 0.15) is 5.69 Å². The first kappa shape index (κ1) is 16.6. The molecule has 4 nitrogen and oxygen atoms in total. The second-order valence-electron chi connectivity index (χ2n) is 5.31. The number of aryl methyl sites for hydroxylation is 1. The fraction of sp³-hybridized carbons (Fsp3) is 0.111. The summed E-state index contributed by atoms with van der Waals surface area (Å²) >= 11 is 12.3. The summed E-state index contributed by atoms with van der Waals surface area (Å²) < 4.78 is 0. The topological polar surface area (TPSA) is 41.1 Å². The summed E-state index contributed by atoms with van der Waals surface area (Å²) in [5.74, 6) is 1.26. The van der Waals surface area contributed by atoms with Gasteiger partial charge < -0.3 is 10.2 Å². The minimum Gasteiger partial charge on any atom is -0.329 e. The van der Waals surface area contributed by atoms with Crippen molar-refractivity contribution in [2.45, 2.75) is 6.92 Å². The van der Waals surface area contributed by atoms with Crippen LogP contribution in [0.3, 0.4) is 0 Å². The third-order valence-corrected chi connectivity index (χ3v) is 4.34. The van der Waals surface area contributed by atoms with Crippen LogP contribution in [0.5, 0.6) is 0 Å². The Morgan fingerprint density at radius 3 is 2.46 bits per heavy atom. The maximum absolute atomic E-state index is 6.22. The normalized spacial score (nSPS) is 10.5. The predicted octanol–water partition coefficient (Wildman–Crippen LogP) is 5.60. The number of halogens is 2. The summed E-state index contributed by atoms with van der Waals surface area (Å²) in [7, 11) is 1.97. The van der Waals surface area contributed by atoms with Crippen molar-refractivity contribution < 1.29 is 0 Å². The fourth-order valence-electron chi connectivity index (χ4n) is 2.28. The molecule has 1 aromatic heterocycles. The number of benzene rings is 2. The Balaban J connectivity index is 1.93. The summed E-state index contributed by atoms with van der Waals surface area (Å²) in [5, 5.41) is 4.06. The molecule has 0 spiro atoms. The van der Waals surface area contributed by atoms with Gasteiger partial charge in [0.1, 0.15) is 5.82 Å². The van der Waals surface area contributed by atoms with E-state index < -0.39 is 0 Å². The molecular formula is C18H16Cl2N4. The van der Waals surface area contributed by atoms with E-state index in [0.717, 1.165) is 17.2 Å². The molecular weight excluding hydrogens is 343 g/mol. The van der Waals surface area contributed by atoms with Crippen LogP contribution in [0.4, 0.5) is 23.1 Å². The average Bonchev–Trinajstić information content (AvgIpc) is 2.58. The zero-order valence-corrected chi connectivity index (χ0v) is 14.8. The van der Waals surface area contributed by atoms with Crippen molar-refractivity contribution in [3.8, 4) is 0 Å². The van der Waals surface area contributed by atoms with Gasteiger partial charge in [-0.2, -0.15) is 4.98 Å². The van der Waals surface area contributed by atoms with Gasteiger partial charge in [-0.25, -0.2) is 4.98 Å². The molecule has 24 heavy (non-hydrogen) atoms. The second kappa shape index (κ2) is 7.07. The summed E-state index contributed by atoms with van der Waals surface area (Å²) in [4.78, 5) is 11.0. The lowest BCUT2D eigenvalue weighted by Gasteiger charge is -2.19. The average molecular weight is 359 g/mol. The first-order chi connectivity index (χ1) is 11.5. The summed E-state index contributed by atoms with van der Waals surface area (Å²) in [6.45, 7) is 1.93. The van der Waals surface area contributed by atoms with Gasteiger partial charge in [0.2, 0.25) is 5.95 Å². The van der Waals surface area contributed by atoms with Crippen LogP contribution < -0.4 is 10.2 Å². The maximum atomic E-state index is 6.22. The number of nitrogens with zero attached hydrogens (tertiary/aromatic N) is 3. The van der Waals surface area contributed by atoms with Gasteiger partial charge in [-0.15, -0.1) is 0 Å². The number of anilines is 4. The molecule has 0 aliphatic carbocycles. The molecule has 0 aliphatic rings. The number of rotatable bonds is 4. The molecule has 3 rings (SSSR count). The highest BCUT2D eigenvalue weighted by molar-refractivity contribution is 6.43. The van der Waals surface area contributed by atoms with Crippen molar-refractivity contribution in [3.05, 3.63) is 70.3 Å². The maximum Gasteiger partial charge on any atom is 0.229 e. The Bertz CT molecular complexity index is 853. The Labute approximate surface area is 151 Å². The highest BCUT2D eigenvalue weighted by Crippen LogP contribution is 2.31. The smallest absolute Gasteiger partial charge is 0.229 e. The number of aromatic nitrogens is 2. The van der Waals surface area contributed by atoms with Crippen molar-refractivity contribution in [1.29, 1.82) is 0 Å². The third kappa shape index (κ3) is 3.61. The van der Waals surface area contributed by atoms with Gasteiger partial charge in [0.05, 0.1) is 15.7 Å². The predicted molar refractivity (Wildman–Crippen MR) is 101 cm³/mol. The van der Waals surface area contributed by atoms with Gasteiger partial charge in [0.15, 0.2) is 0 Å². The van der Waals surface area contributed by atoms with Crippen LogP contribution in [0.25, 0.3) is 0 Å². The SMILES string of the molecule is Cc1cc(N(C)c2ccccc2)nc(Nc2cccc(Cl)c2Cl)n1. The van der Waals surface area contributed by atoms with E-state index in [9.17, 15) is 0 Å². The number of nitrogens with one attached hydrogen (secondary N) is 1. The van der Waals surface area contributed by atoms with E-state index in [0.29, 0.717) is 21.7 Å². The van der Waals surface area contributed by atoms with Gasteiger partial charge in [-0.05, 0) is 31.2 Å². The summed E-state index contributed by atoms with van der Waals surface area (Å²) in [6, 6.07) is 17.3. The van der Waals surface area contributed by atoms with E-state index in [2.05, 4.69) is 15.3 Å².